The van der Waals surface area contributed by atoms with Gasteiger partial charge in [0.1, 0.15) is 10.0 Å². The number of pyridine rings is 1. The fourth-order valence-corrected chi connectivity index (χ4v) is 3.66. The highest BCUT2D eigenvalue weighted by Gasteiger charge is 2.20. The lowest BCUT2D eigenvalue weighted by Crippen LogP contribution is -2.15. The minimum Gasteiger partial charge on any atom is -0.279 e. The summed E-state index contributed by atoms with van der Waals surface area (Å²) in [6.07, 6.45) is 1.41. The molecule has 0 radical (unpaired) electrons. The van der Waals surface area contributed by atoms with Gasteiger partial charge in [-0.25, -0.2) is 13.4 Å². The maximum absolute atomic E-state index is 12.4. The molecule has 1 aromatic heterocycles. The van der Waals surface area contributed by atoms with Crippen LogP contribution in [0.2, 0.25) is 5.15 Å². The molecule has 0 saturated carbocycles. The van der Waals surface area contributed by atoms with E-state index in [9.17, 15) is 8.42 Å². The van der Waals surface area contributed by atoms with Gasteiger partial charge < -0.3 is 0 Å². The van der Waals surface area contributed by atoms with Crippen molar-refractivity contribution < 1.29 is 8.42 Å². The number of hydrogen-bond donors (Lipinski definition) is 1. The molecule has 2 aromatic rings. The highest BCUT2D eigenvalue weighted by atomic mass is 79.9. The van der Waals surface area contributed by atoms with Gasteiger partial charge in [0.2, 0.25) is 0 Å². The van der Waals surface area contributed by atoms with Crippen LogP contribution in [0.15, 0.2) is 39.8 Å². The second-order valence-corrected chi connectivity index (χ2v) is 7.11. The van der Waals surface area contributed by atoms with Crippen molar-refractivity contribution in [1.29, 1.82) is 5.26 Å². The molecule has 0 amide bonds. The second-order valence-electron chi connectivity index (χ2n) is 4.19. The van der Waals surface area contributed by atoms with Crippen LogP contribution >= 0.6 is 27.5 Å². The zero-order valence-electron chi connectivity index (χ0n) is 10.8. The van der Waals surface area contributed by atoms with Gasteiger partial charge in [0.15, 0.2) is 0 Å². The third-order valence-corrected chi connectivity index (χ3v) is 4.90. The van der Waals surface area contributed by atoms with E-state index in [1.54, 1.807) is 19.1 Å². The fourth-order valence-electron chi connectivity index (χ4n) is 1.59. The smallest absolute Gasteiger partial charge is 0.265 e. The third-order valence-electron chi connectivity index (χ3n) is 2.67. The number of hydrogen-bond acceptors (Lipinski definition) is 4. The molecule has 2 rings (SSSR count). The standard InChI is InChI=1S/C13H9BrClN3O2S/c1-8-2-3-9(6-16)4-11(8)18-21(19,20)12-5-10(14)7-17-13(12)15/h2-5,7,18H,1H3. The molecule has 0 aliphatic rings. The van der Waals surface area contributed by atoms with E-state index in [1.807, 2.05) is 6.07 Å². The minimum absolute atomic E-state index is 0.125. The Bertz CT molecular complexity index is 847. The summed E-state index contributed by atoms with van der Waals surface area (Å²) in [5.74, 6) is 0. The molecule has 1 N–H and O–H groups in total. The molecule has 1 heterocycles. The van der Waals surface area contributed by atoms with Gasteiger partial charge in [-0.1, -0.05) is 17.7 Å². The number of aryl methyl sites for hydroxylation is 1. The first-order valence-electron chi connectivity index (χ1n) is 5.68. The average Bonchev–Trinajstić information content (AvgIpc) is 2.43. The molecule has 108 valence electrons. The van der Waals surface area contributed by atoms with Crippen molar-refractivity contribution in [2.24, 2.45) is 0 Å². The molecular weight excluding hydrogens is 378 g/mol. The van der Waals surface area contributed by atoms with Gasteiger partial charge in [-0.05, 0) is 46.6 Å². The Morgan fingerprint density at radius 2 is 2.10 bits per heavy atom. The van der Waals surface area contributed by atoms with Crippen molar-refractivity contribution >= 4 is 43.2 Å². The van der Waals surface area contributed by atoms with Gasteiger partial charge in [0.05, 0.1) is 17.3 Å². The van der Waals surface area contributed by atoms with Crippen molar-refractivity contribution in [1.82, 2.24) is 4.98 Å². The van der Waals surface area contributed by atoms with Gasteiger partial charge >= 0.3 is 0 Å². The Balaban J connectivity index is 2.47. The van der Waals surface area contributed by atoms with Gasteiger partial charge in [-0.15, -0.1) is 0 Å². The molecular formula is C13H9BrClN3O2S. The molecule has 0 spiro atoms. The first-order valence-corrected chi connectivity index (χ1v) is 8.33. The van der Waals surface area contributed by atoms with Gasteiger partial charge in [-0.3, -0.25) is 4.72 Å². The summed E-state index contributed by atoms with van der Waals surface area (Å²) in [7, 11) is -3.90. The van der Waals surface area contributed by atoms with Gasteiger partial charge in [0.25, 0.3) is 10.0 Å². The van der Waals surface area contributed by atoms with Gasteiger partial charge in [0, 0.05) is 10.7 Å². The Morgan fingerprint density at radius 1 is 1.38 bits per heavy atom. The Kier molecular flexibility index (Phi) is 4.52. The molecule has 8 heteroatoms. The lowest BCUT2D eigenvalue weighted by molar-refractivity contribution is 0.600. The van der Waals surface area contributed by atoms with Gasteiger partial charge in [-0.2, -0.15) is 5.26 Å². The van der Waals surface area contributed by atoms with Crippen molar-refractivity contribution in [2.45, 2.75) is 11.8 Å². The van der Waals surface area contributed by atoms with Crippen molar-refractivity contribution in [3.63, 3.8) is 0 Å². The first kappa shape index (κ1) is 15.8. The SMILES string of the molecule is Cc1ccc(C#N)cc1NS(=O)(=O)c1cc(Br)cnc1Cl. The Hall–Kier alpha value is -1.62. The number of benzene rings is 1. The summed E-state index contributed by atoms with van der Waals surface area (Å²) in [5, 5.41) is 8.76. The maximum atomic E-state index is 12.4. The summed E-state index contributed by atoms with van der Waals surface area (Å²) in [6, 6.07) is 8.06. The summed E-state index contributed by atoms with van der Waals surface area (Å²) in [5.41, 5.74) is 1.37. The number of nitrogens with zero attached hydrogens (tertiary/aromatic N) is 2. The highest BCUT2D eigenvalue weighted by Crippen LogP contribution is 2.26. The summed E-state index contributed by atoms with van der Waals surface area (Å²) >= 11 is 9.00. The second kappa shape index (κ2) is 6.02. The van der Waals surface area contributed by atoms with Crippen LogP contribution in [0.3, 0.4) is 0 Å². The van der Waals surface area contributed by atoms with E-state index < -0.39 is 10.0 Å². The number of nitrogens with one attached hydrogen (secondary N) is 1. The summed E-state index contributed by atoms with van der Waals surface area (Å²) in [6.45, 7) is 1.74. The Labute approximate surface area is 135 Å². The van der Waals surface area contributed by atoms with Crippen LogP contribution in [0.5, 0.6) is 0 Å². The lowest BCUT2D eigenvalue weighted by atomic mass is 10.1. The minimum atomic E-state index is -3.90. The van der Waals surface area contributed by atoms with E-state index in [0.717, 1.165) is 0 Å². The summed E-state index contributed by atoms with van der Waals surface area (Å²) < 4.78 is 27.7. The number of rotatable bonds is 3. The molecule has 0 fully saturated rings. The van der Waals surface area contributed by atoms with E-state index in [-0.39, 0.29) is 10.0 Å². The largest absolute Gasteiger partial charge is 0.279 e. The maximum Gasteiger partial charge on any atom is 0.265 e. The molecule has 0 aliphatic heterocycles. The average molecular weight is 387 g/mol. The topological polar surface area (TPSA) is 82.9 Å². The predicted molar refractivity (Wildman–Crippen MR) is 83.6 cm³/mol. The number of halogens is 2. The molecule has 0 aliphatic carbocycles. The highest BCUT2D eigenvalue weighted by molar-refractivity contribution is 9.10. The van der Waals surface area contributed by atoms with Crippen molar-refractivity contribution in [3.8, 4) is 6.07 Å². The van der Waals surface area contributed by atoms with E-state index in [4.69, 9.17) is 16.9 Å². The van der Waals surface area contributed by atoms with Crippen LogP contribution in [0.1, 0.15) is 11.1 Å². The summed E-state index contributed by atoms with van der Waals surface area (Å²) in [4.78, 5) is 3.65. The van der Waals surface area contributed by atoms with Crippen LogP contribution in [-0.2, 0) is 10.0 Å². The molecule has 1 aromatic carbocycles. The Morgan fingerprint density at radius 3 is 2.76 bits per heavy atom. The number of sulfonamides is 1. The third kappa shape index (κ3) is 3.53. The molecule has 0 atom stereocenters. The number of nitriles is 1. The van der Waals surface area contributed by atoms with Crippen molar-refractivity contribution in [2.75, 3.05) is 4.72 Å². The van der Waals surface area contributed by atoms with Crippen molar-refractivity contribution in [3.05, 3.63) is 51.2 Å². The predicted octanol–water partition coefficient (Wildman–Crippen LogP) is 3.48. The van der Waals surface area contributed by atoms with Crippen LogP contribution in [0.4, 0.5) is 5.69 Å². The van der Waals surface area contributed by atoms with E-state index in [1.165, 1.54) is 18.3 Å². The van der Waals surface area contributed by atoms with E-state index in [0.29, 0.717) is 21.3 Å². The number of aromatic nitrogens is 1. The molecule has 5 nitrogen and oxygen atoms in total. The normalized spacial score (nSPS) is 11.0. The van der Waals surface area contributed by atoms with Crippen LogP contribution in [-0.4, -0.2) is 13.4 Å². The zero-order valence-corrected chi connectivity index (χ0v) is 13.9. The van der Waals surface area contributed by atoms with Crippen LogP contribution < -0.4 is 4.72 Å². The van der Waals surface area contributed by atoms with E-state index in [2.05, 4.69) is 25.6 Å². The monoisotopic (exact) mass is 385 g/mol. The zero-order chi connectivity index (χ0) is 15.6. The quantitative estimate of drug-likeness (QED) is 0.819. The van der Waals surface area contributed by atoms with Crippen LogP contribution in [0, 0.1) is 18.3 Å². The number of anilines is 1. The fraction of sp³-hybridized carbons (Fsp3) is 0.0769. The first-order chi connectivity index (χ1) is 9.83. The van der Waals surface area contributed by atoms with E-state index >= 15 is 0 Å². The molecule has 0 bridgehead atoms. The molecule has 0 saturated heterocycles. The molecule has 21 heavy (non-hydrogen) atoms. The van der Waals surface area contributed by atoms with Crippen LogP contribution in [0.25, 0.3) is 0 Å². The molecule has 0 unspecified atom stereocenters. The lowest BCUT2D eigenvalue weighted by Gasteiger charge is -2.11.